The summed E-state index contributed by atoms with van der Waals surface area (Å²) in [7, 11) is 1.59. The van der Waals surface area contributed by atoms with Gasteiger partial charge in [-0.1, -0.05) is 0 Å². The number of rotatable bonds is 6. The van der Waals surface area contributed by atoms with Crippen LogP contribution in [0, 0.1) is 0 Å². The molecule has 1 aliphatic heterocycles. The fourth-order valence-electron chi connectivity index (χ4n) is 1.96. The second-order valence-electron chi connectivity index (χ2n) is 4.55. The Bertz CT molecular complexity index is 229. The van der Waals surface area contributed by atoms with E-state index >= 15 is 0 Å². The number of carbonyl (C=O) groups is 1. The van der Waals surface area contributed by atoms with Crippen LogP contribution in [0.5, 0.6) is 0 Å². The van der Waals surface area contributed by atoms with Gasteiger partial charge in [0.2, 0.25) is 0 Å². The first kappa shape index (κ1) is 13.4. The SMILES string of the molecule is COCCC(C)(NC1CCNCC1)C(=O)O. The molecule has 1 saturated heterocycles. The molecule has 5 nitrogen and oxygen atoms in total. The minimum Gasteiger partial charge on any atom is -0.480 e. The molecule has 0 amide bonds. The Hall–Kier alpha value is -0.650. The third-order valence-corrected chi connectivity index (χ3v) is 3.14. The summed E-state index contributed by atoms with van der Waals surface area (Å²) in [5, 5.41) is 15.8. The van der Waals surface area contributed by atoms with Crippen LogP contribution in [-0.2, 0) is 9.53 Å². The predicted octanol–water partition coefficient (Wildman–Crippen LogP) is 0.208. The van der Waals surface area contributed by atoms with Gasteiger partial charge in [0.15, 0.2) is 0 Å². The van der Waals surface area contributed by atoms with Crippen molar-refractivity contribution < 1.29 is 14.6 Å². The minimum absolute atomic E-state index is 0.291. The highest BCUT2D eigenvalue weighted by molar-refractivity contribution is 5.78. The van der Waals surface area contributed by atoms with E-state index in [0.29, 0.717) is 19.1 Å². The minimum atomic E-state index is -0.877. The van der Waals surface area contributed by atoms with Crippen LogP contribution >= 0.6 is 0 Å². The molecular formula is C11H22N2O3. The maximum absolute atomic E-state index is 11.3. The molecule has 5 heteroatoms. The molecule has 1 aliphatic rings. The molecule has 1 rings (SSSR count). The van der Waals surface area contributed by atoms with Gasteiger partial charge < -0.3 is 15.2 Å². The van der Waals surface area contributed by atoms with E-state index in [0.717, 1.165) is 25.9 Å². The number of carboxylic acid groups (broad SMARTS) is 1. The largest absolute Gasteiger partial charge is 0.480 e. The van der Waals surface area contributed by atoms with Crippen molar-refractivity contribution >= 4 is 5.97 Å². The van der Waals surface area contributed by atoms with E-state index < -0.39 is 11.5 Å². The molecule has 0 saturated carbocycles. The van der Waals surface area contributed by atoms with E-state index in [9.17, 15) is 9.90 Å². The van der Waals surface area contributed by atoms with Crippen molar-refractivity contribution in [3.8, 4) is 0 Å². The summed E-state index contributed by atoms with van der Waals surface area (Å²) in [5.41, 5.74) is -0.877. The average molecular weight is 230 g/mol. The van der Waals surface area contributed by atoms with Crippen molar-refractivity contribution in [3.63, 3.8) is 0 Å². The molecule has 3 N–H and O–H groups in total. The van der Waals surface area contributed by atoms with Crippen molar-refractivity contribution in [2.75, 3.05) is 26.8 Å². The van der Waals surface area contributed by atoms with Gasteiger partial charge in [-0.25, -0.2) is 0 Å². The summed E-state index contributed by atoms with van der Waals surface area (Å²) in [6.07, 6.45) is 2.45. The number of hydrogen-bond acceptors (Lipinski definition) is 4. The fourth-order valence-corrected chi connectivity index (χ4v) is 1.96. The van der Waals surface area contributed by atoms with E-state index in [-0.39, 0.29) is 0 Å². The Morgan fingerprint density at radius 2 is 2.19 bits per heavy atom. The number of aliphatic carboxylic acids is 1. The molecule has 1 atom stereocenters. The number of hydrogen-bond donors (Lipinski definition) is 3. The summed E-state index contributed by atoms with van der Waals surface area (Å²) >= 11 is 0. The van der Waals surface area contributed by atoms with Crippen LogP contribution in [0.2, 0.25) is 0 Å². The third kappa shape index (κ3) is 3.73. The monoisotopic (exact) mass is 230 g/mol. The van der Waals surface area contributed by atoms with Gasteiger partial charge in [-0.15, -0.1) is 0 Å². The number of nitrogens with one attached hydrogen (secondary N) is 2. The van der Waals surface area contributed by atoms with Gasteiger partial charge in [0.05, 0.1) is 0 Å². The van der Waals surface area contributed by atoms with Crippen molar-refractivity contribution in [3.05, 3.63) is 0 Å². The molecule has 0 radical (unpaired) electrons. The zero-order valence-electron chi connectivity index (χ0n) is 10.1. The normalized spacial score (nSPS) is 21.6. The molecule has 0 aromatic carbocycles. The molecule has 94 valence electrons. The van der Waals surface area contributed by atoms with E-state index in [1.54, 1.807) is 14.0 Å². The highest BCUT2D eigenvalue weighted by atomic mass is 16.5. The zero-order chi connectivity index (χ0) is 12.0. The lowest BCUT2D eigenvalue weighted by atomic mass is 9.94. The second kappa shape index (κ2) is 6.18. The van der Waals surface area contributed by atoms with Gasteiger partial charge in [-0.05, 0) is 39.3 Å². The average Bonchev–Trinajstić information content (AvgIpc) is 2.27. The lowest BCUT2D eigenvalue weighted by molar-refractivity contribution is -0.145. The number of methoxy groups -OCH3 is 1. The maximum atomic E-state index is 11.3. The molecule has 0 aromatic rings. The van der Waals surface area contributed by atoms with E-state index in [1.807, 2.05) is 0 Å². The van der Waals surface area contributed by atoms with Gasteiger partial charge in [0.1, 0.15) is 5.54 Å². The molecule has 0 bridgehead atoms. The predicted molar refractivity (Wildman–Crippen MR) is 61.6 cm³/mol. The summed E-state index contributed by atoms with van der Waals surface area (Å²) in [5.74, 6) is -0.803. The lowest BCUT2D eigenvalue weighted by Gasteiger charge is -2.33. The van der Waals surface area contributed by atoms with Crippen molar-refractivity contribution in [1.82, 2.24) is 10.6 Å². The Morgan fingerprint density at radius 1 is 1.56 bits per heavy atom. The second-order valence-corrected chi connectivity index (χ2v) is 4.55. The molecule has 0 spiro atoms. The number of carboxylic acids is 1. The lowest BCUT2D eigenvalue weighted by Crippen LogP contribution is -2.56. The topological polar surface area (TPSA) is 70.6 Å². The van der Waals surface area contributed by atoms with Gasteiger partial charge in [0, 0.05) is 19.8 Å². The van der Waals surface area contributed by atoms with E-state index in [4.69, 9.17) is 4.74 Å². The highest BCUT2D eigenvalue weighted by Gasteiger charge is 2.34. The Morgan fingerprint density at radius 3 is 2.69 bits per heavy atom. The van der Waals surface area contributed by atoms with Crippen molar-refractivity contribution in [2.24, 2.45) is 0 Å². The number of piperidine rings is 1. The summed E-state index contributed by atoms with van der Waals surface area (Å²) < 4.78 is 4.96. The van der Waals surface area contributed by atoms with Crippen LogP contribution in [0.15, 0.2) is 0 Å². The summed E-state index contributed by atoms with van der Waals surface area (Å²) in [4.78, 5) is 11.3. The molecule has 0 aromatic heterocycles. The molecular weight excluding hydrogens is 208 g/mol. The van der Waals surface area contributed by atoms with E-state index in [2.05, 4.69) is 10.6 Å². The Labute approximate surface area is 96.6 Å². The summed E-state index contributed by atoms with van der Waals surface area (Å²) in [6, 6.07) is 0.291. The number of ether oxygens (including phenoxy) is 1. The van der Waals surface area contributed by atoms with Gasteiger partial charge >= 0.3 is 5.97 Å². The molecule has 1 fully saturated rings. The molecule has 1 heterocycles. The van der Waals surface area contributed by atoms with Gasteiger partial charge in [-0.3, -0.25) is 10.1 Å². The van der Waals surface area contributed by atoms with Crippen LogP contribution in [0.3, 0.4) is 0 Å². The quantitative estimate of drug-likeness (QED) is 0.608. The first-order valence-electron chi connectivity index (χ1n) is 5.79. The Balaban J connectivity index is 2.51. The van der Waals surface area contributed by atoms with Crippen LogP contribution in [0.1, 0.15) is 26.2 Å². The highest BCUT2D eigenvalue weighted by Crippen LogP contribution is 2.15. The smallest absolute Gasteiger partial charge is 0.323 e. The van der Waals surface area contributed by atoms with Crippen LogP contribution < -0.4 is 10.6 Å². The first-order valence-corrected chi connectivity index (χ1v) is 5.79. The molecule has 0 aliphatic carbocycles. The van der Waals surface area contributed by atoms with Gasteiger partial charge in [-0.2, -0.15) is 0 Å². The standard InChI is InChI=1S/C11H22N2O3/c1-11(10(14)15,5-8-16-2)13-9-3-6-12-7-4-9/h9,12-13H,3-8H2,1-2H3,(H,14,15). The fraction of sp³-hybridized carbons (Fsp3) is 0.909. The maximum Gasteiger partial charge on any atom is 0.323 e. The molecule has 16 heavy (non-hydrogen) atoms. The third-order valence-electron chi connectivity index (χ3n) is 3.14. The van der Waals surface area contributed by atoms with Crippen molar-refractivity contribution in [2.45, 2.75) is 37.8 Å². The Kier molecular flexibility index (Phi) is 5.18. The van der Waals surface area contributed by atoms with Crippen LogP contribution in [-0.4, -0.2) is 49.5 Å². The molecule has 1 unspecified atom stereocenters. The first-order chi connectivity index (χ1) is 7.58. The zero-order valence-corrected chi connectivity index (χ0v) is 10.1. The summed E-state index contributed by atoms with van der Waals surface area (Å²) in [6.45, 7) is 4.10. The van der Waals surface area contributed by atoms with Gasteiger partial charge in [0.25, 0.3) is 0 Å². The van der Waals surface area contributed by atoms with Crippen LogP contribution in [0.25, 0.3) is 0 Å². The van der Waals surface area contributed by atoms with Crippen molar-refractivity contribution in [1.29, 1.82) is 0 Å². The van der Waals surface area contributed by atoms with Crippen LogP contribution in [0.4, 0.5) is 0 Å². The van der Waals surface area contributed by atoms with E-state index in [1.165, 1.54) is 0 Å².